The second kappa shape index (κ2) is 8.26. The van der Waals surface area contributed by atoms with E-state index < -0.39 is 17.8 Å². The smallest absolute Gasteiger partial charge is 0.373 e. The molecule has 0 spiro atoms. The van der Waals surface area contributed by atoms with Crippen molar-refractivity contribution in [3.8, 4) is 11.1 Å². The van der Waals surface area contributed by atoms with E-state index >= 15 is 0 Å². The molecule has 0 fully saturated rings. The van der Waals surface area contributed by atoms with Crippen LogP contribution in [0, 0.1) is 6.92 Å². The van der Waals surface area contributed by atoms with Gasteiger partial charge in [0, 0.05) is 53.9 Å². The highest BCUT2D eigenvalue weighted by molar-refractivity contribution is 6.04. The highest BCUT2D eigenvalue weighted by atomic mass is 19.4. The standard InChI is InChI=1S/C23H18F3N5O/c1-13-3-4-17(31-22(32)14-5-6-28-20(8-14)23(24,25)26)9-18(13)15-7-16-12-30-21(27-2)10-19(16)29-11-15/h3-12H,1-2H3,(H,27,30)(H,31,32). The summed E-state index contributed by atoms with van der Waals surface area (Å²) in [6.07, 6.45) is -0.208. The monoisotopic (exact) mass is 437 g/mol. The van der Waals surface area contributed by atoms with E-state index in [1.54, 1.807) is 31.6 Å². The Bertz CT molecular complexity index is 1320. The lowest BCUT2D eigenvalue weighted by Gasteiger charge is -2.12. The maximum atomic E-state index is 12.9. The number of anilines is 2. The number of benzene rings is 1. The van der Waals surface area contributed by atoms with Crippen LogP contribution in [0.4, 0.5) is 24.7 Å². The van der Waals surface area contributed by atoms with Crippen LogP contribution in [-0.4, -0.2) is 27.9 Å². The molecule has 2 N–H and O–H groups in total. The lowest BCUT2D eigenvalue weighted by molar-refractivity contribution is -0.141. The van der Waals surface area contributed by atoms with Gasteiger partial charge in [-0.3, -0.25) is 14.8 Å². The summed E-state index contributed by atoms with van der Waals surface area (Å²) in [6, 6.07) is 11.0. The van der Waals surface area contributed by atoms with Crippen LogP contribution in [0.15, 0.2) is 61.1 Å². The van der Waals surface area contributed by atoms with Crippen molar-refractivity contribution in [1.29, 1.82) is 0 Å². The molecule has 0 bridgehead atoms. The number of nitrogens with zero attached hydrogens (tertiary/aromatic N) is 3. The summed E-state index contributed by atoms with van der Waals surface area (Å²) in [5.41, 5.74) is 2.60. The predicted octanol–water partition coefficient (Wildman–Crippen LogP) is 5.31. The molecule has 4 aromatic rings. The quantitative estimate of drug-likeness (QED) is 0.452. The lowest BCUT2D eigenvalue weighted by Crippen LogP contribution is -2.15. The Morgan fingerprint density at radius 1 is 0.969 bits per heavy atom. The van der Waals surface area contributed by atoms with E-state index in [1.165, 1.54) is 6.07 Å². The molecule has 0 saturated heterocycles. The second-order valence-electron chi connectivity index (χ2n) is 7.15. The summed E-state index contributed by atoms with van der Waals surface area (Å²) in [7, 11) is 1.78. The highest BCUT2D eigenvalue weighted by Gasteiger charge is 2.32. The summed E-state index contributed by atoms with van der Waals surface area (Å²) in [5.74, 6) is 0.0524. The Balaban J connectivity index is 1.63. The average Bonchev–Trinajstić information content (AvgIpc) is 2.79. The SMILES string of the molecule is CNc1cc2ncc(-c3cc(NC(=O)c4ccnc(C(F)(F)F)c4)ccc3C)cc2cn1. The fourth-order valence-electron chi connectivity index (χ4n) is 3.25. The number of nitrogens with one attached hydrogen (secondary N) is 2. The molecule has 32 heavy (non-hydrogen) atoms. The van der Waals surface area contributed by atoms with Crippen molar-refractivity contribution in [2.45, 2.75) is 13.1 Å². The number of rotatable bonds is 4. The van der Waals surface area contributed by atoms with Gasteiger partial charge in [-0.1, -0.05) is 6.07 Å². The normalized spacial score (nSPS) is 11.4. The third kappa shape index (κ3) is 4.36. The second-order valence-corrected chi connectivity index (χ2v) is 7.15. The van der Waals surface area contributed by atoms with Gasteiger partial charge in [0.25, 0.3) is 5.91 Å². The summed E-state index contributed by atoms with van der Waals surface area (Å²) in [6.45, 7) is 1.92. The van der Waals surface area contributed by atoms with Gasteiger partial charge in [0.05, 0.1) is 5.52 Å². The number of hydrogen-bond acceptors (Lipinski definition) is 5. The first kappa shape index (κ1) is 21.2. The largest absolute Gasteiger partial charge is 0.433 e. The fourth-order valence-corrected chi connectivity index (χ4v) is 3.25. The average molecular weight is 437 g/mol. The maximum Gasteiger partial charge on any atom is 0.433 e. The number of fused-ring (bicyclic) bond motifs is 1. The lowest BCUT2D eigenvalue weighted by atomic mass is 10.00. The molecule has 4 rings (SSSR count). The van der Waals surface area contributed by atoms with Crippen molar-refractivity contribution in [3.05, 3.63) is 77.9 Å². The first-order valence-electron chi connectivity index (χ1n) is 9.64. The molecule has 1 amide bonds. The Hall–Kier alpha value is -4.01. The van der Waals surface area contributed by atoms with Crippen molar-refractivity contribution in [2.24, 2.45) is 0 Å². The van der Waals surface area contributed by atoms with E-state index in [2.05, 4.69) is 25.6 Å². The first-order chi connectivity index (χ1) is 15.2. The Labute approximate surface area is 181 Å². The number of aromatic nitrogens is 3. The van der Waals surface area contributed by atoms with Crippen LogP contribution in [-0.2, 0) is 6.18 Å². The Morgan fingerprint density at radius 3 is 2.53 bits per heavy atom. The molecule has 1 aromatic carbocycles. The number of pyridine rings is 3. The van der Waals surface area contributed by atoms with E-state index in [-0.39, 0.29) is 5.56 Å². The van der Waals surface area contributed by atoms with Crippen molar-refractivity contribution in [1.82, 2.24) is 15.0 Å². The summed E-state index contributed by atoms with van der Waals surface area (Å²) in [4.78, 5) is 24.6. The van der Waals surface area contributed by atoms with Gasteiger partial charge >= 0.3 is 6.18 Å². The molecule has 3 aromatic heterocycles. The number of halogens is 3. The molecule has 3 heterocycles. The molecule has 0 aliphatic heterocycles. The summed E-state index contributed by atoms with van der Waals surface area (Å²) in [5, 5.41) is 6.47. The number of amides is 1. The molecule has 9 heteroatoms. The van der Waals surface area contributed by atoms with Crippen molar-refractivity contribution in [2.75, 3.05) is 17.7 Å². The zero-order chi connectivity index (χ0) is 22.9. The minimum atomic E-state index is -4.63. The van der Waals surface area contributed by atoms with Gasteiger partial charge in [0.15, 0.2) is 0 Å². The first-order valence-corrected chi connectivity index (χ1v) is 9.64. The predicted molar refractivity (Wildman–Crippen MR) is 116 cm³/mol. The highest BCUT2D eigenvalue weighted by Crippen LogP contribution is 2.30. The summed E-state index contributed by atoms with van der Waals surface area (Å²) < 4.78 is 38.7. The third-order valence-corrected chi connectivity index (χ3v) is 4.94. The summed E-state index contributed by atoms with van der Waals surface area (Å²) >= 11 is 0. The molecule has 162 valence electrons. The van der Waals surface area contributed by atoms with Gasteiger partial charge in [0.1, 0.15) is 11.5 Å². The molecular formula is C23H18F3N5O. The number of alkyl halides is 3. The van der Waals surface area contributed by atoms with Gasteiger partial charge in [-0.25, -0.2) is 4.98 Å². The maximum absolute atomic E-state index is 12.9. The topological polar surface area (TPSA) is 79.8 Å². The molecule has 6 nitrogen and oxygen atoms in total. The van der Waals surface area contributed by atoms with Crippen LogP contribution in [0.3, 0.4) is 0 Å². The van der Waals surface area contributed by atoms with E-state index in [9.17, 15) is 18.0 Å². The molecule has 0 aliphatic rings. The van der Waals surface area contributed by atoms with Gasteiger partial charge in [-0.15, -0.1) is 0 Å². The molecule has 0 saturated carbocycles. The van der Waals surface area contributed by atoms with E-state index in [0.717, 1.165) is 39.9 Å². The van der Waals surface area contributed by atoms with Crippen LogP contribution >= 0.6 is 0 Å². The van der Waals surface area contributed by atoms with Gasteiger partial charge < -0.3 is 10.6 Å². The van der Waals surface area contributed by atoms with Gasteiger partial charge in [0.2, 0.25) is 0 Å². The van der Waals surface area contributed by atoms with Crippen molar-refractivity contribution in [3.63, 3.8) is 0 Å². The minimum absolute atomic E-state index is 0.131. The zero-order valence-electron chi connectivity index (χ0n) is 17.2. The zero-order valence-corrected chi connectivity index (χ0v) is 17.2. The van der Waals surface area contributed by atoms with Gasteiger partial charge in [-0.05, 0) is 48.4 Å². The minimum Gasteiger partial charge on any atom is -0.373 e. The van der Waals surface area contributed by atoms with Crippen molar-refractivity contribution < 1.29 is 18.0 Å². The number of hydrogen-bond donors (Lipinski definition) is 2. The van der Waals surface area contributed by atoms with Crippen molar-refractivity contribution >= 4 is 28.3 Å². The van der Waals surface area contributed by atoms with E-state index in [4.69, 9.17) is 0 Å². The van der Waals surface area contributed by atoms with Crippen LogP contribution in [0.25, 0.3) is 22.0 Å². The fraction of sp³-hybridized carbons (Fsp3) is 0.130. The van der Waals surface area contributed by atoms with Crippen LogP contribution in [0.5, 0.6) is 0 Å². The van der Waals surface area contributed by atoms with Crippen LogP contribution in [0.2, 0.25) is 0 Å². The van der Waals surface area contributed by atoms with E-state index in [1.807, 2.05) is 25.1 Å². The molecule has 0 atom stereocenters. The molecule has 0 aliphatic carbocycles. The Morgan fingerprint density at radius 2 is 1.78 bits per heavy atom. The van der Waals surface area contributed by atoms with Gasteiger partial charge in [-0.2, -0.15) is 13.2 Å². The molecular weight excluding hydrogens is 419 g/mol. The van der Waals surface area contributed by atoms with E-state index in [0.29, 0.717) is 11.5 Å². The number of carbonyl (C=O) groups excluding carboxylic acids is 1. The Kier molecular flexibility index (Phi) is 5.48. The number of aryl methyl sites for hydroxylation is 1. The number of carbonyl (C=O) groups is 1. The molecule has 0 radical (unpaired) electrons. The van der Waals surface area contributed by atoms with Crippen LogP contribution < -0.4 is 10.6 Å². The molecule has 0 unspecified atom stereocenters. The van der Waals surface area contributed by atoms with Crippen LogP contribution in [0.1, 0.15) is 21.6 Å². The third-order valence-electron chi connectivity index (χ3n) is 4.94.